The third-order valence-corrected chi connectivity index (χ3v) is 4.84. The van der Waals surface area contributed by atoms with E-state index in [-0.39, 0.29) is 18.1 Å². The minimum absolute atomic E-state index is 0.0401. The molecule has 2 N–H and O–H groups in total. The number of piperidine rings is 1. The number of rotatable bonds is 7. The zero-order valence-electron chi connectivity index (χ0n) is 15.0. The van der Waals surface area contributed by atoms with E-state index >= 15 is 0 Å². The molecule has 2 atom stereocenters. The summed E-state index contributed by atoms with van der Waals surface area (Å²) in [6.07, 6.45) is 1.65. The Morgan fingerprint density at radius 2 is 2.08 bits per heavy atom. The smallest absolute Gasteiger partial charge is 0.237 e. The molecule has 5 nitrogen and oxygen atoms in total. The highest BCUT2D eigenvalue weighted by molar-refractivity contribution is 5.81. The first-order valence-corrected chi connectivity index (χ1v) is 8.86. The van der Waals surface area contributed by atoms with E-state index in [1.165, 1.54) is 0 Å². The van der Waals surface area contributed by atoms with E-state index in [4.69, 9.17) is 4.74 Å². The Hall–Kier alpha value is -1.59. The van der Waals surface area contributed by atoms with Gasteiger partial charge in [-0.15, -0.1) is 0 Å². The highest BCUT2D eigenvalue weighted by Gasteiger charge is 2.28. The number of aryl methyl sites for hydroxylation is 1. The van der Waals surface area contributed by atoms with Crippen molar-refractivity contribution in [3.63, 3.8) is 0 Å². The normalized spacial score (nSPS) is 18.8. The molecule has 0 bridgehead atoms. The van der Waals surface area contributed by atoms with E-state index in [1.54, 1.807) is 0 Å². The fourth-order valence-electron chi connectivity index (χ4n) is 3.15. The van der Waals surface area contributed by atoms with Gasteiger partial charge in [-0.05, 0) is 70.3 Å². The highest BCUT2D eigenvalue weighted by Crippen LogP contribution is 2.21. The Labute approximate surface area is 145 Å². The quantitative estimate of drug-likeness (QED) is 0.749. The van der Waals surface area contributed by atoms with Gasteiger partial charge in [-0.2, -0.15) is 0 Å². The highest BCUT2D eigenvalue weighted by atomic mass is 16.5. The second-order valence-corrected chi connectivity index (χ2v) is 6.75. The first-order valence-electron chi connectivity index (χ1n) is 8.86. The summed E-state index contributed by atoms with van der Waals surface area (Å²) in [5.41, 5.74) is 1.16. The number of nitrogens with zero attached hydrogens (tertiary/aromatic N) is 1. The van der Waals surface area contributed by atoms with Gasteiger partial charge in [0.25, 0.3) is 0 Å². The van der Waals surface area contributed by atoms with Crippen LogP contribution >= 0.6 is 0 Å². The van der Waals surface area contributed by atoms with Crippen LogP contribution in [0, 0.1) is 12.8 Å². The molecule has 5 heteroatoms. The molecule has 1 aliphatic heterocycles. The maximum atomic E-state index is 12.3. The van der Waals surface area contributed by atoms with Crippen LogP contribution in [0.1, 0.15) is 32.3 Å². The molecule has 1 saturated heterocycles. The van der Waals surface area contributed by atoms with Crippen molar-refractivity contribution < 1.29 is 14.6 Å². The monoisotopic (exact) mass is 334 g/mol. The van der Waals surface area contributed by atoms with E-state index in [9.17, 15) is 9.90 Å². The maximum absolute atomic E-state index is 12.3. The van der Waals surface area contributed by atoms with Crippen LogP contribution in [0.3, 0.4) is 0 Å². The molecule has 0 saturated carbocycles. The van der Waals surface area contributed by atoms with Gasteiger partial charge in [0, 0.05) is 0 Å². The SMILES string of the molecule is Cc1cccc(OCCNC(=O)C(C)N2CCC(C(C)O)CC2)c1. The first kappa shape index (κ1) is 18.7. The molecule has 1 fully saturated rings. The molecule has 1 aromatic rings. The van der Waals surface area contributed by atoms with Crippen molar-refractivity contribution in [1.29, 1.82) is 0 Å². The van der Waals surface area contributed by atoms with Crippen LogP contribution < -0.4 is 10.1 Å². The second kappa shape index (κ2) is 9.04. The number of hydrogen-bond acceptors (Lipinski definition) is 4. The van der Waals surface area contributed by atoms with Gasteiger partial charge in [0.15, 0.2) is 0 Å². The molecule has 0 spiro atoms. The number of aliphatic hydroxyl groups excluding tert-OH is 1. The standard InChI is InChI=1S/C19H30N2O3/c1-14-5-4-6-18(13-14)24-12-9-20-19(23)15(2)21-10-7-17(8-11-21)16(3)22/h4-6,13,15-17,22H,7-12H2,1-3H3,(H,20,23). The third-order valence-electron chi connectivity index (χ3n) is 4.84. The van der Waals surface area contributed by atoms with Gasteiger partial charge in [-0.3, -0.25) is 9.69 Å². The number of nitrogens with one attached hydrogen (secondary N) is 1. The fraction of sp³-hybridized carbons (Fsp3) is 0.632. The van der Waals surface area contributed by atoms with Gasteiger partial charge < -0.3 is 15.2 Å². The number of amides is 1. The van der Waals surface area contributed by atoms with E-state index in [2.05, 4.69) is 10.2 Å². The summed E-state index contributed by atoms with van der Waals surface area (Å²) >= 11 is 0. The predicted octanol–water partition coefficient (Wildman–Crippen LogP) is 1.97. The number of aliphatic hydroxyl groups is 1. The minimum atomic E-state index is -0.255. The molecular weight excluding hydrogens is 304 g/mol. The van der Waals surface area contributed by atoms with Crippen molar-refractivity contribution in [3.8, 4) is 5.75 Å². The first-order chi connectivity index (χ1) is 11.5. The molecular formula is C19H30N2O3. The van der Waals surface area contributed by atoms with Crippen LogP contribution in [0.15, 0.2) is 24.3 Å². The molecule has 1 amide bonds. The summed E-state index contributed by atoms with van der Waals surface area (Å²) < 4.78 is 5.65. The second-order valence-electron chi connectivity index (χ2n) is 6.75. The largest absolute Gasteiger partial charge is 0.492 e. The van der Waals surface area contributed by atoms with Crippen molar-refractivity contribution in [1.82, 2.24) is 10.2 Å². The number of ether oxygens (including phenoxy) is 1. The number of hydrogen-bond donors (Lipinski definition) is 2. The van der Waals surface area contributed by atoms with Gasteiger partial charge in [-0.25, -0.2) is 0 Å². The summed E-state index contributed by atoms with van der Waals surface area (Å²) in [6.45, 7) is 8.52. The number of likely N-dealkylation sites (tertiary alicyclic amines) is 1. The molecule has 0 aromatic heterocycles. The molecule has 1 aromatic carbocycles. The maximum Gasteiger partial charge on any atom is 0.237 e. The predicted molar refractivity (Wildman–Crippen MR) is 95.1 cm³/mol. The van der Waals surface area contributed by atoms with E-state index in [0.29, 0.717) is 19.1 Å². The van der Waals surface area contributed by atoms with Crippen LogP contribution in [-0.4, -0.2) is 54.3 Å². The molecule has 134 valence electrons. The summed E-state index contributed by atoms with van der Waals surface area (Å²) in [7, 11) is 0. The van der Waals surface area contributed by atoms with Crippen LogP contribution in [0.4, 0.5) is 0 Å². The van der Waals surface area contributed by atoms with Crippen molar-refractivity contribution >= 4 is 5.91 Å². The lowest BCUT2D eigenvalue weighted by Crippen LogP contribution is -2.49. The Bertz CT molecular complexity index is 525. The Morgan fingerprint density at radius 3 is 2.71 bits per heavy atom. The lowest BCUT2D eigenvalue weighted by atomic mass is 9.91. The van der Waals surface area contributed by atoms with Crippen molar-refractivity contribution in [2.45, 2.75) is 45.8 Å². The van der Waals surface area contributed by atoms with Crippen LogP contribution in [-0.2, 0) is 4.79 Å². The minimum Gasteiger partial charge on any atom is -0.492 e. The zero-order valence-corrected chi connectivity index (χ0v) is 15.0. The number of carbonyl (C=O) groups is 1. The van der Waals surface area contributed by atoms with Gasteiger partial charge in [0.1, 0.15) is 12.4 Å². The Morgan fingerprint density at radius 1 is 1.38 bits per heavy atom. The van der Waals surface area contributed by atoms with Gasteiger partial charge in [-0.1, -0.05) is 12.1 Å². The average Bonchev–Trinajstić information content (AvgIpc) is 2.58. The van der Waals surface area contributed by atoms with Crippen molar-refractivity contribution in [2.75, 3.05) is 26.2 Å². The molecule has 2 unspecified atom stereocenters. The summed E-state index contributed by atoms with van der Waals surface area (Å²) in [5.74, 6) is 1.23. The van der Waals surface area contributed by atoms with Crippen molar-refractivity contribution in [2.24, 2.45) is 5.92 Å². The molecule has 24 heavy (non-hydrogen) atoms. The van der Waals surface area contributed by atoms with Gasteiger partial charge in [0.2, 0.25) is 5.91 Å². The Balaban J connectivity index is 1.67. The van der Waals surface area contributed by atoms with E-state index in [0.717, 1.165) is 37.2 Å². The third kappa shape index (κ3) is 5.49. The van der Waals surface area contributed by atoms with Crippen molar-refractivity contribution in [3.05, 3.63) is 29.8 Å². The topological polar surface area (TPSA) is 61.8 Å². The average molecular weight is 334 g/mol. The molecule has 0 radical (unpaired) electrons. The number of carbonyl (C=O) groups excluding carboxylic acids is 1. The molecule has 1 heterocycles. The Kier molecular flexibility index (Phi) is 7.06. The fourth-order valence-corrected chi connectivity index (χ4v) is 3.15. The zero-order chi connectivity index (χ0) is 17.5. The lowest BCUT2D eigenvalue weighted by Gasteiger charge is -2.36. The van der Waals surface area contributed by atoms with Gasteiger partial charge >= 0.3 is 0 Å². The van der Waals surface area contributed by atoms with Crippen LogP contribution in [0.25, 0.3) is 0 Å². The summed E-state index contributed by atoms with van der Waals surface area (Å²) in [6, 6.07) is 7.75. The molecule has 2 rings (SSSR count). The summed E-state index contributed by atoms with van der Waals surface area (Å²) in [4.78, 5) is 14.5. The van der Waals surface area contributed by atoms with Gasteiger partial charge in [0.05, 0.1) is 18.7 Å². The van der Waals surface area contributed by atoms with E-state index in [1.807, 2.05) is 45.0 Å². The van der Waals surface area contributed by atoms with Crippen LogP contribution in [0.2, 0.25) is 0 Å². The summed E-state index contributed by atoms with van der Waals surface area (Å²) in [5, 5.41) is 12.6. The molecule has 1 aliphatic rings. The lowest BCUT2D eigenvalue weighted by molar-refractivity contribution is -0.126. The van der Waals surface area contributed by atoms with E-state index < -0.39 is 0 Å². The number of benzene rings is 1. The molecule has 0 aliphatic carbocycles. The van der Waals surface area contributed by atoms with Crippen LogP contribution in [0.5, 0.6) is 5.75 Å².